The van der Waals surface area contributed by atoms with E-state index >= 15 is 0 Å². The molecule has 5 nitrogen and oxygen atoms in total. The summed E-state index contributed by atoms with van der Waals surface area (Å²) in [6.45, 7) is 2.70. The van der Waals surface area contributed by atoms with Crippen LogP contribution in [-0.2, 0) is 4.74 Å². The summed E-state index contributed by atoms with van der Waals surface area (Å²) in [4.78, 5) is 4.39. The Morgan fingerprint density at radius 3 is 2.90 bits per heavy atom. The van der Waals surface area contributed by atoms with Crippen LogP contribution in [0.25, 0.3) is 10.8 Å². The molecule has 1 aromatic carbocycles. The van der Waals surface area contributed by atoms with E-state index in [4.69, 9.17) is 15.2 Å². The first-order chi connectivity index (χ1) is 9.86. The number of nitrogens with one attached hydrogen (secondary N) is 1. The number of benzene rings is 1. The molecule has 0 atom stereocenters. The number of methoxy groups -OCH3 is 1. The Bertz CT molecular complexity index is 546. The summed E-state index contributed by atoms with van der Waals surface area (Å²) in [6.07, 6.45) is 2.71. The minimum atomic E-state index is 0.568. The summed E-state index contributed by atoms with van der Waals surface area (Å²) in [5, 5.41) is 5.46. The van der Waals surface area contributed by atoms with E-state index in [-0.39, 0.29) is 0 Å². The first-order valence-electron chi connectivity index (χ1n) is 6.80. The molecule has 108 valence electrons. The van der Waals surface area contributed by atoms with E-state index in [2.05, 4.69) is 10.3 Å². The predicted molar refractivity (Wildman–Crippen MR) is 81.3 cm³/mol. The van der Waals surface area contributed by atoms with Gasteiger partial charge >= 0.3 is 0 Å². The summed E-state index contributed by atoms with van der Waals surface area (Å²) in [5.74, 6) is 1.74. The van der Waals surface area contributed by atoms with Gasteiger partial charge in [-0.25, -0.2) is 4.98 Å². The Labute approximate surface area is 119 Å². The number of aromatic nitrogens is 1. The predicted octanol–water partition coefficient (Wildman–Crippen LogP) is 2.02. The Kier molecular flexibility index (Phi) is 5.58. The number of ether oxygens (including phenoxy) is 2. The molecular formula is C15H21N3O2. The molecule has 0 saturated carbocycles. The number of anilines is 1. The van der Waals surface area contributed by atoms with Gasteiger partial charge in [0.15, 0.2) is 0 Å². The second-order valence-corrected chi connectivity index (χ2v) is 4.40. The summed E-state index contributed by atoms with van der Waals surface area (Å²) in [6, 6.07) is 7.92. The molecule has 0 spiro atoms. The maximum Gasteiger partial charge on any atom is 0.133 e. The molecule has 2 rings (SSSR count). The molecule has 0 amide bonds. The van der Waals surface area contributed by atoms with Gasteiger partial charge in [-0.2, -0.15) is 0 Å². The minimum Gasteiger partial charge on any atom is -0.496 e. The van der Waals surface area contributed by atoms with Gasteiger partial charge in [-0.05, 0) is 18.6 Å². The second kappa shape index (κ2) is 7.67. The third kappa shape index (κ3) is 3.59. The summed E-state index contributed by atoms with van der Waals surface area (Å²) in [5.41, 5.74) is 5.36. The number of nitrogens with two attached hydrogens (primary N) is 1. The normalized spacial score (nSPS) is 10.7. The zero-order valence-electron chi connectivity index (χ0n) is 11.8. The van der Waals surface area contributed by atoms with Crippen molar-refractivity contribution in [2.45, 2.75) is 6.42 Å². The maximum absolute atomic E-state index is 5.37. The van der Waals surface area contributed by atoms with E-state index < -0.39 is 0 Å². The lowest BCUT2D eigenvalue weighted by Gasteiger charge is -2.10. The molecule has 0 saturated heterocycles. The number of nitrogens with zero attached hydrogens (tertiary/aromatic N) is 1. The van der Waals surface area contributed by atoms with Crippen LogP contribution in [0.4, 0.5) is 5.82 Å². The van der Waals surface area contributed by atoms with Crippen molar-refractivity contribution in [1.29, 1.82) is 0 Å². The molecule has 1 heterocycles. The van der Waals surface area contributed by atoms with Gasteiger partial charge in [-0.15, -0.1) is 0 Å². The fourth-order valence-corrected chi connectivity index (χ4v) is 2.06. The second-order valence-electron chi connectivity index (χ2n) is 4.40. The van der Waals surface area contributed by atoms with E-state index in [9.17, 15) is 0 Å². The van der Waals surface area contributed by atoms with Crippen LogP contribution in [0.5, 0.6) is 5.75 Å². The van der Waals surface area contributed by atoms with E-state index in [0.717, 1.165) is 35.3 Å². The molecule has 5 heteroatoms. The van der Waals surface area contributed by atoms with E-state index in [1.807, 2.05) is 24.3 Å². The van der Waals surface area contributed by atoms with Gasteiger partial charge in [0.05, 0.1) is 13.7 Å². The average molecular weight is 275 g/mol. The molecule has 0 aliphatic heterocycles. The SMILES string of the molecule is COc1cccc2c(NCCCOCCN)nccc12. The Balaban J connectivity index is 2.00. The lowest BCUT2D eigenvalue weighted by atomic mass is 10.1. The van der Waals surface area contributed by atoms with E-state index in [1.165, 1.54) is 0 Å². The average Bonchev–Trinajstić information content (AvgIpc) is 2.50. The van der Waals surface area contributed by atoms with Crippen LogP contribution in [0.2, 0.25) is 0 Å². The minimum absolute atomic E-state index is 0.568. The zero-order valence-corrected chi connectivity index (χ0v) is 11.8. The van der Waals surface area contributed by atoms with Crippen molar-refractivity contribution in [1.82, 2.24) is 4.98 Å². The molecule has 0 unspecified atom stereocenters. The van der Waals surface area contributed by atoms with Crippen molar-refractivity contribution in [3.8, 4) is 5.75 Å². The van der Waals surface area contributed by atoms with Crippen molar-refractivity contribution in [2.24, 2.45) is 5.73 Å². The summed E-state index contributed by atoms with van der Waals surface area (Å²) >= 11 is 0. The third-order valence-corrected chi connectivity index (χ3v) is 3.01. The van der Waals surface area contributed by atoms with Crippen LogP contribution in [0.1, 0.15) is 6.42 Å². The highest BCUT2D eigenvalue weighted by atomic mass is 16.5. The van der Waals surface area contributed by atoms with Gasteiger partial charge in [0, 0.05) is 36.7 Å². The van der Waals surface area contributed by atoms with Gasteiger partial charge in [-0.1, -0.05) is 12.1 Å². The van der Waals surface area contributed by atoms with Crippen molar-refractivity contribution in [2.75, 3.05) is 38.7 Å². The third-order valence-electron chi connectivity index (χ3n) is 3.01. The number of pyridine rings is 1. The van der Waals surface area contributed by atoms with Gasteiger partial charge in [-0.3, -0.25) is 0 Å². The lowest BCUT2D eigenvalue weighted by molar-refractivity contribution is 0.141. The smallest absolute Gasteiger partial charge is 0.133 e. The van der Waals surface area contributed by atoms with Crippen LogP contribution in [0, 0.1) is 0 Å². The zero-order chi connectivity index (χ0) is 14.2. The van der Waals surface area contributed by atoms with Crippen LogP contribution < -0.4 is 15.8 Å². The highest BCUT2D eigenvalue weighted by Crippen LogP contribution is 2.28. The molecule has 3 N–H and O–H groups in total. The maximum atomic E-state index is 5.37. The lowest BCUT2D eigenvalue weighted by Crippen LogP contribution is -2.11. The van der Waals surface area contributed by atoms with Crippen molar-refractivity contribution in [3.63, 3.8) is 0 Å². The van der Waals surface area contributed by atoms with Crippen LogP contribution in [0.15, 0.2) is 30.5 Å². The monoisotopic (exact) mass is 275 g/mol. The standard InChI is InChI=1S/C15H21N3O2/c1-19-14-5-2-4-13-12(14)6-9-18-15(13)17-8-3-10-20-11-7-16/h2,4-6,9H,3,7-8,10-11,16H2,1H3,(H,17,18). The number of fused-ring (bicyclic) bond motifs is 1. The van der Waals surface area contributed by atoms with Crippen LogP contribution in [0.3, 0.4) is 0 Å². The quantitative estimate of drug-likeness (QED) is 0.721. The van der Waals surface area contributed by atoms with Crippen LogP contribution in [-0.4, -0.2) is 38.4 Å². The Morgan fingerprint density at radius 2 is 2.10 bits per heavy atom. The fraction of sp³-hybridized carbons (Fsp3) is 0.400. The molecular weight excluding hydrogens is 254 g/mol. The fourth-order valence-electron chi connectivity index (χ4n) is 2.06. The van der Waals surface area contributed by atoms with Crippen molar-refractivity contribution >= 4 is 16.6 Å². The van der Waals surface area contributed by atoms with Gasteiger partial charge in [0.1, 0.15) is 11.6 Å². The molecule has 1 aromatic heterocycles. The molecule has 0 fully saturated rings. The summed E-state index contributed by atoms with van der Waals surface area (Å²) in [7, 11) is 1.68. The topological polar surface area (TPSA) is 69.4 Å². The highest BCUT2D eigenvalue weighted by Gasteiger charge is 2.05. The number of rotatable bonds is 8. The molecule has 0 radical (unpaired) electrons. The molecule has 2 aromatic rings. The van der Waals surface area contributed by atoms with Crippen LogP contribution >= 0.6 is 0 Å². The molecule has 0 aliphatic rings. The Hall–Kier alpha value is -1.85. The first-order valence-corrected chi connectivity index (χ1v) is 6.80. The number of hydrogen-bond acceptors (Lipinski definition) is 5. The summed E-state index contributed by atoms with van der Waals surface area (Å²) < 4.78 is 10.7. The van der Waals surface area contributed by atoms with Gasteiger partial charge < -0.3 is 20.5 Å². The van der Waals surface area contributed by atoms with E-state index in [0.29, 0.717) is 19.8 Å². The van der Waals surface area contributed by atoms with Gasteiger partial charge in [0.25, 0.3) is 0 Å². The van der Waals surface area contributed by atoms with Crippen molar-refractivity contribution < 1.29 is 9.47 Å². The largest absolute Gasteiger partial charge is 0.496 e. The van der Waals surface area contributed by atoms with Gasteiger partial charge in [0.2, 0.25) is 0 Å². The van der Waals surface area contributed by atoms with Crippen molar-refractivity contribution in [3.05, 3.63) is 30.5 Å². The molecule has 20 heavy (non-hydrogen) atoms. The van der Waals surface area contributed by atoms with E-state index in [1.54, 1.807) is 13.3 Å². The molecule has 0 aliphatic carbocycles. The molecule has 0 bridgehead atoms. The highest BCUT2D eigenvalue weighted by molar-refractivity contribution is 5.95. The number of hydrogen-bond donors (Lipinski definition) is 2. The first kappa shape index (κ1) is 14.6. The Morgan fingerprint density at radius 1 is 1.20 bits per heavy atom.